The summed E-state index contributed by atoms with van der Waals surface area (Å²) in [5, 5.41) is 2.15. The predicted molar refractivity (Wildman–Crippen MR) is 101 cm³/mol. The molecule has 0 bridgehead atoms. The highest BCUT2D eigenvalue weighted by atomic mass is 32.1. The van der Waals surface area contributed by atoms with Crippen molar-refractivity contribution >= 4 is 11.3 Å². The van der Waals surface area contributed by atoms with Gasteiger partial charge in [-0.25, -0.2) is 9.97 Å². The van der Waals surface area contributed by atoms with E-state index in [1.807, 2.05) is 25.7 Å². The summed E-state index contributed by atoms with van der Waals surface area (Å²) in [5.41, 5.74) is 6.38. The van der Waals surface area contributed by atoms with Gasteiger partial charge in [0.05, 0.1) is 28.8 Å². The van der Waals surface area contributed by atoms with E-state index in [1.165, 1.54) is 24.2 Å². The monoisotopic (exact) mass is 353 g/mol. The highest BCUT2D eigenvalue weighted by Crippen LogP contribution is 2.28. The van der Waals surface area contributed by atoms with Crippen molar-refractivity contribution in [3.05, 3.63) is 52.5 Å². The predicted octanol–water partition coefficient (Wildman–Crippen LogP) is 3.63. The first kappa shape index (κ1) is 16.4. The quantitative estimate of drug-likeness (QED) is 0.719. The van der Waals surface area contributed by atoms with Gasteiger partial charge in [-0.1, -0.05) is 6.07 Å². The highest BCUT2D eigenvalue weighted by molar-refractivity contribution is 7.07. The molecule has 0 unspecified atom stereocenters. The van der Waals surface area contributed by atoms with Crippen molar-refractivity contribution in [2.75, 3.05) is 13.1 Å². The van der Waals surface area contributed by atoms with Gasteiger partial charge in [0.1, 0.15) is 5.82 Å². The largest absolute Gasteiger partial charge is 0.330 e. The Morgan fingerprint density at radius 1 is 1.28 bits per heavy atom. The smallest absolute Gasteiger partial charge is 0.105 e. The molecule has 0 amide bonds. The molecule has 0 aromatic carbocycles. The van der Waals surface area contributed by atoms with Crippen LogP contribution in [0.2, 0.25) is 0 Å². The Morgan fingerprint density at radius 3 is 2.96 bits per heavy atom. The second kappa shape index (κ2) is 7.06. The number of aromatic nitrogens is 4. The van der Waals surface area contributed by atoms with Crippen LogP contribution < -0.4 is 0 Å². The van der Waals surface area contributed by atoms with E-state index in [0.29, 0.717) is 5.92 Å². The number of hydrogen-bond donors (Lipinski definition) is 0. The van der Waals surface area contributed by atoms with Crippen LogP contribution in [0.1, 0.15) is 36.0 Å². The molecule has 1 aliphatic heterocycles. The number of piperidine rings is 1. The summed E-state index contributed by atoms with van der Waals surface area (Å²) in [6.45, 7) is 5.17. The molecule has 4 heterocycles. The van der Waals surface area contributed by atoms with E-state index in [1.54, 1.807) is 11.3 Å². The van der Waals surface area contributed by atoms with E-state index in [-0.39, 0.29) is 0 Å². The van der Waals surface area contributed by atoms with Gasteiger partial charge in [-0.3, -0.25) is 9.88 Å². The number of pyridine rings is 1. The van der Waals surface area contributed by atoms with Crippen molar-refractivity contribution < 1.29 is 0 Å². The third kappa shape index (κ3) is 3.50. The summed E-state index contributed by atoms with van der Waals surface area (Å²) in [7, 11) is 2.04. The standard InChI is InChI=1S/C19H23N5S/c1-14-20-9-19(23(14)2)18-7-3-6-17(22-18)15-5-4-8-24(10-15)11-16-12-25-13-21-16/h3,6-7,9,12-13,15H,4-5,8,10-11H2,1-2H3/t15-/m1/s1. The van der Waals surface area contributed by atoms with Crippen molar-refractivity contribution in [2.24, 2.45) is 7.05 Å². The minimum atomic E-state index is 0.488. The number of imidazole rings is 1. The zero-order valence-corrected chi connectivity index (χ0v) is 15.5. The summed E-state index contributed by atoms with van der Waals surface area (Å²) in [6.07, 6.45) is 4.33. The Hall–Kier alpha value is -2.05. The lowest BCUT2D eigenvalue weighted by atomic mass is 9.94. The van der Waals surface area contributed by atoms with Crippen LogP contribution in [-0.4, -0.2) is 37.5 Å². The first-order valence-electron chi connectivity index (χ1n) is 8.76. The molecule has 25 heavy (non-hydrogen) atoms. The normalized spacial score (nSPS) is 18.6. The molecule has 4 rings (SSSR count). The SMILES string of the molecule is Cc1ncc(-c2cccc([C@@H]3CCCN(Cc4cscn4)C3)n2)n1C. The molecule has 6 heteroatoms. The average molecular weight is 353 g/mol. The van der Waals surface area contributed by atoms with Crippen LogP contribution in [0.5, 0.6) is 0 Å². The van der Waals surface area contributed by atoms with Gasteiger partial charge < -0.3 is 4.57 Å². The number of nitrogens with zero attached hydrogens (tertiary/aromatic N) is 5. The molecule has 0 aliphatic carbocycles. The molecule has 130 valence electrons. The Labute approximate surface area is 152 Å². The second-order valence-corrected chi connectivity index (χ2v) is 7.47. The van der Waals surface area contributed by atoms with E-state index in [4.69, 9.17) is 4.98 Å². The van der Waals surface area contributed by atoms with Crippen molar-refractivity contribution in [3.63, 3.8) is 0 Å². The number of aryl methyl sites for hydroxylation is 1. The Morgan fingerprint density at radius 2 is 2.20 bits per heavy atom. The van der Waals surface area contributed by atoms with Crippen LogP contribution in [0.3, 0.4) is 0 Å². The summed E-state index contributed by atoms with van der Waals surface area (Å²) < 4.78 is 2.10. The van der Waals surface area contributed by atoms with Crippen LogP contribution >= 0.6 is 11.3 Å². The maximum absolute atomic E-state index is 4.97. The molecular formula is C19H23N5S. The maximum atomic E-state index is 4.97. The molecule has 1 fully saturated rings. The molecule has 0 saturated carbocycles. The highest BCUT2D eigenvalue weighted by Gasteiger charge is 2.23. The van der Waals surface area contributed by atoms with Gasteiger partial charge in [0.15, 0.2) is 0 Å². The van der Waals surface area contributed by atoms with Gasteiger partial charge in [-0.15, -0.1) is 11.3 Å². The van der Waals surface area contributed by atoms with Gasteiger partial charge in [0, 0.05) is 37.1 Å². The van der Waals surface area contributed by atoms with Crippen LogP contribution in [0.15, 0.2) is 35.3 Å². The fraction of sp³-hybridized carbons (Fsp3) is 0.421. The summed E-state index contributed by atoms with van der Waals surface area (Å²) in [5.74, 6) is 1.50. The van der Waals surface area contributed by atoms with Crippen LogP contribution in [0.25, 0.3) is 11.4 Å². The Bertz CT molecular complexity index is 839. The average Bonchev–Trinajstić information content (AvgIpc) is 3.26. The molecule has 0 radical (unpaired) electrons. The summed E-state index contributed by atoms with van der Waals surface area (Å²) in [6, 6.07) is 6.37. The zero-order chi connectivity index (χ0) is 17.2. The fourth-order valence-corrected chi connectivity index (χ4v) is 4.10. The molecule has 1 aliphatic rings. The molecule has 1 atom stereocenters. The first-order valence-corrected chi connectivity index (χ1v) is 9.70. The van der Waals surface area contributed by atoms with E-state index < -0.39 is 0 Å². The molecule has 1 saturated heterocycles. The molecular weight excluding hydrogens is 330 g/mol. The summed E-state index contributed by atoms with van der Waals surface area (Å²) >= 11 is 1.67. The fourth-order valence-electron chi connectivity index (χ4n) is 3.55. The van der Waals surface area contributed by atoms with Crippen molar-refractivity contribution in [3.8, 4) is 11.4 Å². The summed E-state index contributed by atoms with van der Waals surface area (Å²) in [4.78, 5) is 16.3. The molecule has 5 nitrogen and oxygen atoms in total. The number of hydrogen-bond acceptors (Lipinski definition) is 5. The van der Waals surface area contributed by atoms with Gasteiger partial charge in [0.25, 0.3) is 0 Å². The van der Waals surface area contributed by atoms with Crippen LogP contribution in [-0.2, 0) is 13.6 Å². The molecule has 3 aromatic heterocycles. The van der Waals surface area contributed by atoms with Crippen LogP contribution in [0, 0.1) is 6.92 Å². The van der Waals surface area contributed by atoms with E-state index >= 15 is 0 Å². The van der Waals surface area contributed by atoms with Crippen molar-refractivity contribution in [2.45, 2.75) is 32.2 Å². The van der Waals surface area contributed by atoms with Crippen LogP contribution in [0.4, 0.5) is 0 Å². The Balaban J connectivity index is 1.53. The molecule has 0 N–H and O–H groups in total. The number of rotatable bonds is 4. The maximum Gasteiger partial charge on any atom is 0.105 e. The van der Waals surface area contributed by atoms with Crippen molar-refractivity contribution in [1.29, 1.82) is 0 Å². The lowest BCUT2D eigenvalue weighted by molar-refractivity contribution is 0.197. The van der Waals surface area contributed by atoms with E-state index in [0.717, 1.165) is 36.8 Å². The second-order valence-electron chi connectivity index (χ2n) is 6.75. The Kier molecular flexibility index (Phi) is 4.63. The van der Waals surface area contributed by atoms with Gasteiger partial charge >= 0.3 is 0 Å². The molecule has 3 aromatic rings. The first-order chi connectivity index (χ1) is 12.2. The minimum Gasteiger partial charge on any atom is -0.330 e. The number of thiazole rings is 1. The van der Waals surface area contributed by atoms with Crippen molar-refractivity contribution in [1.82, 2.24) is 24.4 Å². The third-order valence-corrected chi connectivity index (χ3v) is 5.68. The lowest BCUT2D eigenvalue weighted by Gasteiger charge is -2.32. The van der Waals surface area contributed by atoms with E-state index in [9.17, 15) is 0 Å². The topological polar surface area (TPSA) is 46.8 Å². The number of likely N-dealkylation sites (tertiary alicyclic amines) is 1. The molecule has 0 spiro atoms. The van der Waals surface area contributed by atoms with Gasteiger partial charge in [0.2, 0.25) is 0 Å². The lowest BCUT2D eigenvalue weighted by Crippen LogP contribution is -2.34. The van der Waals surface area contributed by atoms with Gasteiger partial charge in [-0.2, -0.15) is 0 Å². The van der Waals surface area contributed by atoms with E-state index in [2.05, 4.69) is 43.0 Å². The minimum absolute atomic E-state index is 0.488. The van der Waals surface area contributed by atoms with Gasteiger partial charge in [-0.05, 0) is 38.4 Å². The zero-order valence-electron chi connectivity index (χ0n) is 14.7. The third-order valence-electron chi connectivity index (χ3n) is 5.05.